The monoisotopic (exact) mass is 433 g/mol. The molecule has 0 unspecified atom stereocenters. The molecule has 0 atom stereocenters. The maximum atomic E-state index is 12.8. The average Bonchev–Trinajstić information content (AvgIpc) is 2.74. The van der Waals surface area contributed by atoms with Crippen LogP contribution in [0, 0.1) is 6.92 Å². The number of aliphatic imine (C=N–C) groups is 1. The molecule has 1 aromatic carbocycles. The van der Waals surface area contributed by atoms with Crippen LogP contribution >= 0.6 is 11.6 Å². The van der Waals surface area contributed by atoms with Gasteiger partial charge in [0.1, 0.15) is 5.82 Å². The van der Waals surface area contributed by atoms with Gasteiger partial charge in [0.2, 0.25) is 5.90 Å². The summed E-state index contributed by atoms with van der Waals surface area (Å²) in [6, 6.07) is 7.56. The Morgan fingerprint density at radius 1 is 1.23 bits per heavy atom. The minimum absolute atomic E-state index is 0.0949. The Morgan fingerprint density at radius 2 is 1.90 bits per heavy atom. The molecule has 0 spiro atoms. The Morgan fingerprint density at radius 3 is 2.47 bits per heavy atom. The molecule has 0 aliphatic rings. The van der Waals surface area contributed by atoms with Gasteiger partial charge in [-0.25, -0.2) is 4.79 Å². The smallest absolute Gasteiger partial charge is 0.332 e. The SMILES string of the molecule is CCn1c(N=C(OC)/C(C)=C\Cc2ccc(Cl)cc2)c(C)c(=O)n(CCCO)c1=O. The largest absolute Gasteiger partial charge is 0.481 e. The fourth-order valence-corrected chi connectivity index (χ4v) is 3.17. The molecular formula is C22H28ClN3O4. The van der Waals surface area contributed by atoms with Gasteiger partial charge in [0, 0.05) is 30.3 Å². The molecule has 30 heavy (non-hydrogen) atoms. The molecule has 7 nitrogen and oxygen atoms in total. The van der Waals surface area contributed by atoms with E-state index in [2.05, 4.69) is 4.99 Å². The van der Waals surface area contributed by atoms with Crippen molar-refractivity contribution >= 4 is 23.3 Å². The first kappa shape index (κ1) is 23.6. The number of rotatable bonds is 8. The maximum absolute atomic E-state index is 12.8. The van der Waals surface area contributed by atoms with Crippen molar-refractivity contribution in [2.24, 2.45) is 4.99 Å². The summed E-state index contributed by atoms with van der Waals surface area (Å²) in [6.45, 7) is 5.74. The van der Waals surface area contributed by atoms with Gasteiger partial charge in [-0.3, -0.25) is 13.9 Å². The first-order valence-corrected chi connectivity index (χ1v) is 10.2. The summed E-state index contributed by atoms with van der Waals surface area (Å²) in [6.07, 6.45) is 2.96. The van der Waals surface area contributed by atoms with Crippen molar-refractivity contribution in [1.82, 2.24) is 9.13 Å². The lowest BCUT2D eigenvalue weighted by Gasteiger charge is -2.15. The van der Waals surface area contributed by atoms with Crippen LogP contribution < -0.4 is 11.2 Å². The molecule has 1 aromatic heterocycles. The van der Waals surface area contributed by atoms with E-state index in [1.165, 1.54) is 11.7 Å². The van der Waals surface area contributed by atoms with Crippen molar-refractivity contribution in [3.8, 4) is 0 Å². The number of aliphatic hydroxyl groups is 1. The minimum Gasteiger partial charge on any atom is -0.481 e. The van der Waals surface area contributed by atoms with Gasteiger partial charge in [0.15, 0.2) is 0 Å². The number of halogens is 1. The topological polar surface area (TPSA) is 85.8 Å². The van der Waals surface area contributed by atoms with E-state index < -0.39 is 11.2 Å². The highest BCUT2D eigenvalue weighted by molar-refractivity contribution is 6.30. The molecule has 0 aliphatic heterocycles. The summed E-state index contributed by atoms with van der Waals surface area (Å²) in [5.74, 6) is 0.616. The third-order valence-electron chi connectivity index (χ3n) is 4.77. The number of hydrogen-bond donors (Lipinski definition) is 1. The average molecular weight is 434 g/mol. The van der Waals surface area contributed by atoms with Crippen LogP contribution in [0.5, 0.6) is 0 Å². The lowest BCUT2D eigenvalue weighted by atomic mass is 10.1. The molecule has 0 saturated heterocycles. The van der Waals surface area contributed by atoms with E-state index in [4.69, 9.17) is 21.4 Å². The fraction of sp³-hybridized carbons (Fsp3) is 0.409. The van der Waals surface area contributed by atoms with Gasteiger partial charge < -0.3 is 9.84 Å². The Bertz CT molecular complexity index is 1050. The first-order valence-electron chi connectivity index (χ1n) is 9.83. The molecule has 1 heterocycles. The van der Waals surface area contributed by atoms with E-state index in [1.807, 2.05) is 44.2 Å². The number of aliphatic hydroxyl groups excluding tert-OH is 1. The Kier molecular flexibility index (Phi) is 8.62. The number of nitrogens with zero attached hydrogens (tertiary/aromatic N) is 3. The minimum atomic E-state index is -0.446. The summed E-state index contributed by atoms with van der Waals surface area (Å²) in [4.78, 5) is 30.0. The molecule has 2 rings (SSSR count). The quantitative estimate of drug-likeness (QED) is 0.511. The predicted octanol–water partition coefficient (Wildman–Crippen LogP) is 3.24. The van der Waals surface area contributed by atoms with Crippen LogP contribution in [0.2, 0.25) is 5.02 Å². The van der Waals surface area contributed by atoms with Gasteiger partial charge in [-0.2, -0.15) is 4.99 Å². The summed E-state index contributed by atoms with van der Waals surface area (Å²) in [5, 5.41) is 9.72. The first-order chi connectivity index (χ1) is 14.3. The Balaban J connectivity index is 2.47. The molecule has 0 fully saturated rings. The normalized spacial score (nSPS) is 12.3. The molecule has 0 saturated carbocycles. The highest BCUT2D eigenvalue weighted by Crippen LogP contribution is 2.17. The van der Waals surface area contributed by atoms with Crippen molar-refractivity contribution in [3.05, 3.63) is 72.9 Å². The number of allylic oxidation sites excluding steroid dienone is 1. The third-order valence-corrected chi connectivity index (χ3v) is 5.02. The van der Waals surface area contributed by atoms with Crippen molar-refractivity contribution < 1.29 is 9.84 Å². The van der Waals surface area contributed by atoms with Crippen molar-refractivity contribution in [1.29, 1.82) is 0 Å². The second-order valence-corrected chi connectivity index (χ2v) is 7.28. The van der Waals surface area contributed by atoms with E-state index in [9.17, 15) is 9.59 Å². The second-order valence-electron chi connectivity index (χ2n) is 6.85. The predicted molar refractivity (Wildman–Crippen MR) is 120 cm³/mol. The molecule has 162 valence electrons. The van der Waals surface area contributed by atoms with E-state index in [-0.39, 0.29) is 19.0 Å². The summed E-state index contributed by atoms with van der Waals surface area (Å²) < 4.78 is 8.04. The fourth-order valence-electron chi connectivity index (χ4n) is 3.05. The highest BCUT2D eigenvalue weighted by atomic mass is 35.5. The van der Waals surface area contributed by atoms with Crippen LogP contribution in [0.1, 0.15) is 31.4 Å². The van der Waals surface area contributed by atoms with Gasteiger partial charge in [-0.05, 0) is 51.3 Å². The third kappa shape index (κ3) is 5.49. The zero-order chi connectivity index (χ0) is 22.3. The number of methoxy groups -OCH3 is 1. The van der Waals surface area contributed by atoms with Crippen LogP contribution in [0.3, 0.4) is 0 Å². The molecule has 0 amide bonds. The molecular weight excluding hydrogens is 406 g/mol. The standard InChI is InChI=1S/C22H28ClN3O4/c1-5-25-19(16(3)21(28)26(22(25)29)13-6-14-27)24-20(30-4)15(2)7-8-17-9-11-18(23)12-10-17/h7,9-12,27H,5-6,8,13-14H2,1-4H3/b15-7-,24-20?. The molecule has 0 radical (unpaired) electrons. The van der Waals surface area contributed by atoms with Gasteiger partial charge in [0.25, 0.3) is 5.56 Å². The molecule has 0 aliphatic carbocycles. The number of ether oxygens (including phenoxy) is 1. The van der Waals surface area contributed by atoms with Gasteiger partial charge in [0.05, 0.1) is 12.7 Å². The summed E-state index contributed by atoms with van der Waals surface area (Å²) in [7, 11) is 1.50. The number of aromatic nitrogens is 2. The Labute approximate surface area is 180 Å². The summed E-state index contributed by atoms with van der Waals surface area (Å²) >= 11 is 5.92. The second kappa shape index (κ2) is 10.9. The van der Waals surface area contributed by atoms with Crippen LogP contribution in [0.15, 0.2) is 50.5 Å². The van der Waals surface area contributed by atoms with Crippen molar-refractivity contribution in [3.63, 3.8) is 0 Å². The van der Waals surface area contributed by atoms with Crippen LogP contribution in [0.4, 0.5) is 5.82 Å². The lowest BCUT2D eigenvalue weighted by molar-refractivity contribution is 0.277. The highest BCUT2D eigenvalue weighted by Gasteiger charge is 2.16. The van der Waals surface area contributed by atoms with Crippen LogP contribution in [-0.2, 0) is 24.2 Å². The molecule has 1 N–H and O–H groups in total. The number of hydrogen-bond acceptors (Lipinski definition) is 5. The molecule has 0 bridgehead atoms. The van der Waals surface area contributed by atoms with Crippen molar-refractivity contribution in [2.45, 2.75) is 46.7 Å². The molecule has 2 aromatic rings. The van der Waals surface area contributed by atoms with E-state index in [1.54, 1.807) is 6.92 Å². The van der Waals surface area contributed by atoms with E-state index >= 15 is 0 Å². The van der Waals surface area contributed by atoms with Gasteiger partial charge >= 0.3 is 5.69 Å². The zero-order valence-electron chi connectivity index (χ0n) is 17.8. The van der Waals surface area contributed by atoms with E-state index in [0.29, 0.717) is 35.9 Å². The number of benzene rings is 1. The summed E-state index contributed by atoms with van der Waals surface area (Å²) in [5.41, 5.74) is 1.37. The van der Waals surface area contributed by atoms with Crippen LogP contribution in [0.25, 0.3) is 0 Å². The maximum Gasteiger partial charge on any atom is 0.332 e. The van der Waals surface area contributed by atoms with Gasteiger partial charge in [-0.15, -0.1) is 0 Å². The van der Waals surface area contributed by atoms with Crippen molar-refractivity contribution in [2.75, 3.05) is 13.7 Å². The Hall–Kier alpha value is -2.64. The van der Waals surface area contributed by atoms with E-state index in [0.717, 1.165) is 15.7 Å². The molecule has 8 heteroatoms. The van der Waals surface area contributed by atoms with Gasteiger partial charge in [-0.1, -0.05) is 29.8 Å². The zero-order valence-corrected chi connectivity index (χ0v) is 18.6. The lowest BCUT2D eigenvalue weighted by Crippen LogP contribution is -2.41. The van der Waals surface area contributed by atoms with Crippen LogP contribution in [-0.4, -0.2) is 33.9 Å².